The lowest BCUT2D eigenvalue weighted by atomic mass is 9.94. The van der Waals surface area contributed by atoms with E-state index in [0.717, 1.165) is 25.4 Å². The average molecular weight is 246 g/mol. The van der Waals surface area contributed by atoms with Crippen molar-refractivity contribution in [2.45, 2.75) is 46.1 Å². The highest BCUT2D eigenvalue weighted by molar-refractivity contribution is 5.53. The normalized spacial score (nSPS) is 22.5. The van der Waals surface area contributed by atoms with Crippen LogP contribution in [0.25, 0.3) is 0 Å². The van der Waals surface area contributed by atoms with Crippen molar-refractivity contribution < 1.29 is 0 Å². The summed E-state index contributed by atoms with van der Waals surface area (Å²) in [7, 11) is 0. The third kappa shape index (κ3) is 2.54. The molecule has 0 spiro atoms. The SMILES string of the molecule is Cc1ccc(N2CC(CCN)CC2(C)C)cc1C. The zero-order valence-electron chi connectivity index (χ0n) is 12.2. The maximum Gasteiger partial charge on any atom is 0.0373 e. The van der Waals surface area contributed by atoms with Crippen LogP contribution in [-0.4, -0.2) is 18.6 Å². The Morgan fingerprint density at radius 1 is 1.28 bits per heavy atom. The predicted octanol–water partition coefficient (Wildman–Crippen LogP) is 3.26. The molecule has 1 heterocycles. The highest BCUT2D eigenvalue weighted by Crippen LogP contribution is 2.38. The lowest BCUT2D eigenvalue weighted by Crippen LogP contribution is -2.38. The van der Waals surface area contributed by atoms with Gasteiger partial charge in [0.25, 0.3) is 0 Å². The first kappa shape index (κ1) is 13.4. The Kier molecular flexibility index (Phi) is 3.67. The van der Waals surface area contributed by atoms with Crippen molar-refractivity contribution in [1.82, 2.24) is 0 Å². The molecule has 0 amide bonds. The van der Waals surface area contributed by atoms with Gasteiger partial charge in [0.15, 0.2) is 0 Å². The molecular formula is C16H26N2. The van der Waals surface area contributed by atoms with Gasteiger partial charge in [0.2, 0.25) is 0 Å². The summed E-state index contributed by atoms with van der Waals surface area (Å²) in [6, 6.07) is 6.81. The topological polar surface area (TPSA) is 29.3 Å². The van der Waals surface area contributed by atoms with Crippen molar-refractivity contribution in [3.63, 3.8) is 0 Å². The van der Waals surface area contributed by atoms with Crippen LogP contribution in [-0.2, 0) is 0 Å². The van der Waals surface area contributed by atoms with Crippen LogP contribution in [0.3, 0.4) is 0 Å². The minimum Gasteiger partial charge on any atom is -0.366 e. The molecule has 0 radical (unpaired) electrons. The summed E-state index contributed by atoms with van der Waals surface area (Å²) in [5.41, 5.74) is 10.1. The lowest BCUT2D eigenvalue weighted by molar-refractivity contribution is 0.458. The number of benzene rings is 1. The van der Waals surface area contributed by atoms with Crippen LogP contribution in [0.2, 0.25) is 0 Å². The number of nitrogens with two attached hydrogens (primary N) is 1. The van der Waals surface area contributed by atoms with Gasteiger partial charge in [-0.05, 0) is 76.3 Å². The minimum absolute atomic E-state index is 0.252. The molecular weight excluding hydrogens is 220 g/mol. The van der Waals surface area contributed by atoms with Gasteiger partial charge in [-0.25, -0.2) is 0 Å². The molecule has 1 aliphatic heterocycles. The molecule has 0 saturated carbocycles. The Bertz CT molecular complexity index is 423. The molecule has 1 unspecified atom stereocenters. The molecule has 0 aliphatic carbocycles. The second-order valence-corrected chi connectivity index (χ2v) is 6.34. The molecule has 100 valence electrons. The van der Waals surface area contributed by atoms with Gasteiger partial charge in [0, 0.05) is 17.8 Å². The molecule has 1 aromatic rings. The molecule has 1 aromatic carbocycles. The molecule has 0 bridgehead atoms. The van der Waals surface area contributed by atoms with Gasteiger partial charge >= 0.3 is 0 Å². The van der Waals surface area contributed by atoms with E-state index in [0.29, 0.717) is 0 Å². The molecule has 18 heavy (non-hydrogen) atoms. The van der Waals surface area contributed by atoms with E-state index in [1.54, 1.807) is 0 Å². The molecule has 1 atom stereocenters. The Labute approximate surface area is 111 Å². The summed E-state index contributed by atoms with van der Waals surface area (Å²) in [5, 5.41) is 0. The first-order valence-corrected chi connectivity index (χ1v) is 6.99. The maximum absolute atomic E-state index is 5.71. The van der Waals surface area contributed by atoms with Gasteiger partial charge in [0.1, 0.15) is 0 Å². The van der Waals surface area contributed by atoms with E-state index in [2.05, 4.69) is 50.8 Å². The lowest BCUT2D eigenvalue weighted by Gasteiger charge is -2.34. The fourth-order valence-corrected chi connectivity index (χ4v) is 3.16. The van der Waals surface area contributed by atoms with Crippen molar-refractivity contribution in [3.05, 3.63) is 29.3 Å². The zero-order valence-corrected chi connectivity index (χ0v) is 12.2. The van der Waals surface area contributed by atoms with E-state index in [4.69, 9.17) is 5.73 Å². The molecule has 1 fully saturated rings. The number of rotatable bonds is 3. The standard InChI is InChI=1S/C16H26N2/c1-12-5-6-15(9-13(12)2)18-11-14(7-8-17)10-16(18,3)4/h5-6,9,14H,7-8,10-11,17H2,1-4H3. The third-order valence-corrected chi connectivity index (χ3v) is 4.34. The van der Waals surface area contributed by atoms with E-state index >= 15 is 0 Å². The molecule has 0 aromatic heterocycles. The van der Waals surface area contributed by atoms with Crippen LogP contribution in [0, 0.1) is 19.8 Å². The van der Waals surface area contributed by atoms with Crippen LogP contribution in [0.1, 0.15) is 37.8 Å². The predicted molar refractivity (Wildman–Crippen MR) is 79.1 cm³/mol. The summed E-state index contributed by atoms with van der Waals surface area (Å²) >= 11 is 0. The highest BCUT2D eigenvalue weighted by atomic mass is 15.2. The second-order valence-electron chi connectivity index (χ2n) is 6.34. The van der Waals surface area contributed by atoms with Crippen molar-refractivity contribution in [3.8, 4) is 0 Å². The number of aryl methyl sites for hydroxylation is 2. The summed E-state index contributed by atoms with van der Waals surface area (Å²) in [4.78, 5) is 2.56. The Hall–Kier alpha value is -1.02. The molecule has 1 saturated heterocycles. The van der Waals surface area contributed by atoms with Crippen LogP contribution in [0.5, 0.6) is 0 Å². The van der Waals surface area contributed by atoms with E-state index in [-0.39, 0.29) is 5.54 Å². The summed E-state index contributed by atoms with van der Waals surface area (Å²) in [6.07, 6.45) is 2.39. The van der Waals surface area contributed by atoms with Crippen molar-refractivity contribution in [1.29, 1.82) is 0 Å². The largest absolute Gasteiger partial charge is 0.366 e. The number of anilines is 1. The second kappa shape index (κ2) is 4.93. The van der Waals surface area contributed by atoms with E-state index < -0.39 is 0 Å². The Morgan fingerprint density at radius 3 is 2.61 bits per heavy atom. The first-order valence-electron chi connectivity index (χ1n) is 6.99. The molecule has 2 heteroatoms. The fourth-order valence-electron chi connectivity index (χ4n) is 3.16. The van der Waals surface area contributed by atoms with Gasteiger partial charge in [-0.15, -0.1) is 0 Å². The van der Waals surface area contributed by atoms with E-state index in [1.165, 1.54) is 23.2 Å². The van der Waals surface area contributed by atoms with Gasteiger partial charge in [-0.1, -0.05) is 6.07 Å². The highest BCUT2D eigenvalue weighted by Gasteiger charge is 2.37. The number of nitrogens with zero attached hydrogens (tertiary/aromatic N) is 1. The van der Waals surface area contributed by atoms with Gasteiger partial charge in [-0.3, -0.25) is 0 Å². The summed E-state index contributed by atoms with van der Waals surface area (Å²) in [5.74, 6) is 0.742. The molecule has 2 N–H and O–H groups in total. The molecule has 2 nitrogen and oxygen atoms in total. The van der Waals surface area contributed by atoms with E-state index in [1.807, 2.05) is 0 Å². The van der Waals surface area contributed by atoms with Crippen molar-refractivity contribution in [2.24, 2.45) is 11.7 Å². The van der Waals surface area contributed by atoms with Gasteiger partial charge < -0.3 is 10.6 Å². The first-order chi connectivity index (χ1) is 8.44. The zero-order chi connectivity index (χ0) is 13.3. The maximum atomic E-state index is 5.71. The summed E-state index contributed by atoms with van der Waals surface area (Å²) in [6.45, 7) is 11.0. The monoisotopic (exact) mass is 246 g/mol. The molecule has 1 aliphatic rings. The third-order valence-electron chi connectivity index (χ3n) is 4.34. The number of hydrogen-bond acceptors (Lipinski definition) is 2. The van der Waals surface area contributed by atoms with Crippen molar-refractivity contribution >= 4 is 5.69 Å². The van der Waals surface area contributed by atoms with Crippen LogP contribution < -0.4 is 10.6 Å². The quantitative estimate of drug-likeness (QED) is 0.887. The molecule has 2 rings (SSSR count). The van der Waals surface area contributed by atoms with Crippen molar-refractivity contribution in [2.75, 3.05) is 18.0 Å². The van der Waals surface area contributed by atoms with Crippen LogP contribution in [0.15, 0.2) is 18.2 Å². The van der Waals surface area contributed by atoms with Gasteiger partial charge in [0.05, 0.1) is 0 Å². The fraction of sp³-hybridized carbons (Fsp3) is 0.625. The summed E-state index contributed by atoms with van der Waals surface area (Å²) < 4.78 is 0. The van der Waals surface area contributed by atoms with Gasteiger partial charge in [-0.2, -0.15) is 0 Å². The Morgan fingerprint density at radius 2 is 2.00 bits per heavy atom. The van der Waals surface area contributed by atoms with E-state index in [9.17, 15) is 0 Å². The average Bonchev–Trinajstić information content (AvgIpc) is 2.58. The minimum atomic E-state index is 0.252. The Balaban J connectivity index is 2.24. The smallest absolute Gasteiger partial charge is 0.0373 e. The van der Waals surface area contributed by atoms with Crippen LogP contribution in [0.4, 0.5) is 5.69 Å². The number of hydrogen-bond donors (Lipinski definition) is 1. The van der Waals surface area contributed by atoms with Crippen LogP contribution >= 0.6 is 0 Å².